The smallest absolute Gasteiger partial charge is 0.0466 e. The van der Waals surface area contributed by atoms with Crippen LogP contribution in [0.5, 0.6) is 0 Å². The molecule has 3 rings (SSSR count). The Bertz CT molecular complexity index is 575. The fourth-order valence-corrected chi connectivity index (χ4v) is 4.08. The van der Waals surface area contributed by atoms with Gasteiger partial charge in [-0.15, -0.1) is 11.3 Å². The highest BCUT2D eigenvalue weighted by Crippen LogP contribution is 2.23. The summed E-state index contributed by atoms with van der Waals surface area (Å²) < 4.78 is 7.70. The Morgan fingerprint density at radius 2 is 2.19 bits per heavy atom. The summed E-state index contributed by atoms with van der Waals surface area (Å²) in [5.74, 6) is 0.666. The Balaban J connectivity index is 1.73. The highest BCUT2D eigenvalue weighted by atomic mass is 32.1. The molecule has 3 nitrogen and oxygen atoms in total. The van der Waals surface area contributed by atoms with Crippen LogP contribution in [-0.2, 0) is 24.4 Å². The van der Waals surface area contributed by atoms with Crippen molar-refractivity contribution in [2.24, 2.45) is 5.92 Å². The summed E-state index contributed by atoms with van der Waals surface area (Å²) in [6.45, 7) is 7.42. The molecule has 3 heterocycles. The van der Waals surface area contributed by atoms with Gasteiger partial charge < -0.3 is 9.30 Å². The van der Waals surface area contributed by atoms with E-state index in [0.29, 0.717) is 5.92 Å². The first-order valence-electron chi connectivity index (χ1n) is 7.65. The molecule has 0 saturated heterocycles. The molecule has 0 fully saturated rings. The summed E-state index contributed by atoms with van der Waals surface area (Å²) in [5.41, 5.74) is 1.43. The zero-order valence-electron chi connectivity index (χ0n) is 12.9. The van der Waals surface area contributed by atoms with Crippen LogP contribution in [0.2, 0.25) is 0 Å². The first-order valence-corrected chi connectivity index (χ1v) is 8.47. The van der Waals surface area contributed by atoms with E-state index in [0.717, 1.165) is 39.2 Å². The minimum atomic E-state index is 0.666. The van der Waals surface area contributed by atoms with Crippen molar-refractivity contribution in [2.45, 2.75) is 33.0 Å². The molecule has 0 aliphatic carbocycles. The number of aryl methyl sites for hydroxylation is 1. The average Bonchev–Trinajstić information content (AvgIpc) is 3.02. The van der Waals surface area contributed by atoms with Crippen molar-refractivity contribution < 1.29 is 4.74 Å². The van der Waals surface area contributed by atoms with Crippen LogP contribution in [0.15, 0.2) is 30.5 Å². The normalized spacial score (nSPS) is 19.4. The standard InChI is InChI=1S/C17H24N2OS/c1-14-5-6-17(21-14)13-18-10-15(7-9-20-2)11-19-8-3-4-16(19)12-18/h3-6,8,15H,7,9-13H2,1-2H3/t15-/m0/s1. The zero-order valence-corrected chi connectivity index (χ0v) is 13.7. The molecule has 1 aliphatic heterocycles. The molecule has 2 aromatic rings. The van der Waals surface area contributed by atoms with Crippen molar-refractivity contribution in [2.75, 3.05) is 20.3 Å². The van der Waals surface area contributed by atoms with Gasteiger partial charge in [-0.1, -0.05) is 0 Å². The molecule has 114 valence electrons. The highest BCUT2D eigenvalue weighted by molar-refractivity contribution is 7.11. The first-order chi connectivity index (χ1) is 10.2. The van der Waals surface area contributed by atoms with E-state index in [9.17, 15) is 0 Å². The molecule has 0 saturated carbocycles. The molecule has 0 spiro atoms. The topological polar surface area (TPSA) is 17.4 Å². The molecule has 2 aromatic heterocycles. The molecule has 0 N–H and O–H groups in total. The SMILES string of the molecule is COCC[C@H]1CN(Cc2ccc(C)s2)Cc2cccn2C1. The Morgan fingerprint density at radius 3 is 2.95 bits per heavy atom. The van der Waals surface area contributed by atoms with Gasteiger partial charge >= 0.3 is 0 Å². The molecule has 0 bridgehead atoms. The fourth-order valence-electron chi connectivity index (χ4n) is 3.14. The van der Waals surface area contributed by atoms with Gasteiger partial charge in [0.05, 0.1) is 0 Å². The number of thiophene rings is 1. The van der Waals surface area contributed by atoms with Gasteiger partial charge in [-0.25, -0.2) is 0 Å². The number of fused-ring (bicyclic) bond motifs is 1. The second-order valence-corrected chi connectivity index (χ2v) is 7.35. The van der Waals surface area contributed by atoms with Gasteiger partial charge in [-0.2, -0.15) is 0 Å². The predicted octanol–water partition coefficient (Wildman–Crippen LogP) is 3.53. The summed E-state index contributed by atoms with van der Waals surface area (Å²) in [6, 6.07) is 8.92. The lowest BCUT2D eigenvalue weighted by atomic mass is 10.1. The predicted molar refractivity (Wildman–Crippen MR) is 87.6 cm³/mol. The highest BCUT2D eigenvalue weighted by Gasteiger charge is 2.21. The summed E-state index contributed by atoms with van der Waals surface area (Å²) in [5, 5.41) is 0. The number of aromatic nitrogens is 1. The molecule has 0 amide bonds. The number of methoxy groups -OCH3 is 1. The summed E-state index contributed by atoms with van der Waals surface area (Å²) in [4.78, 5) is 5.46. The number of hydrogen-bond acceptors (Lipinski definition) is 3. The van der Waals surface area contributed by atoms with E-state index in [1.165, 1.54) is 15.4 Å². The number of hydrogen-bond donors (Lipinski definition) is 0. The lowest BCUT2D eigenvalue weighted by Gasteiger charge is -2.23. The minimum absolute atomic E-state index is 0.666. The fraction of sp³-hybridized carbons (Fsp3) is 0.529. The van der Waals surface area contributed by atoms with Crippen LogP contribution in [-0.4, -0.2) is 29.7 Å². The monoisotopic (exact) mass is 304 g/mol. The Kier molecular flexibility index (Phi) is 4.78. The van der Waals surface area contributed by atoms with Crippen molar-refractivity contribution in [1.29, 1.82) is 0 Å². The van der Waals surface area contributed by atoms with Crippen molar-refractivity contribution in [3.8, 4) is 0 Å². The van der Waals surface area contributed by atoms with Crippen LogP contribution >= 0.6 is 11.3 Å². The molecule has 0 radical (unpaired) electrons. The molecule has 4 heteroatoms. The Morgan fingerprint density at radius 1 is 1.29 bits per heavy atom. The summed E-state index contributed by atoms with van der Waals surface area (Å²) >= 11 is 1.92. The molecular weight excluding hydrogens is 280 g/mol. The van der Waals surface area contributed by atoms with Crippen molar-refractivity contribution >= 4 is 11.3 Å². The second-order valence-electron chi connectivity index (χ2n) is 5.98. The second kappa shape index (κ2) is 6.77. The summed E-state index contributed by atoms with van der Waals surface area (Å²) in [6.07, 6.45) is 3.35. The third-order valence-electron chi connectivity index (χ3n) is 4.19. The van der Waals surface area contributed by atoms with Crippen molar-refractivity contribution in [3.05, 3.63) is 45.9 Å². The third-order valence-corrected chi connectivity index (χ3v) is 5.17. The van der Waals surface area contributed by atoms with E-state index in [4.69, 9.17) is 4.74 Å². The van der Waals surface area contributed by atoms with E-state index >= 15 is 0 Å². The zero-order chi connectivity index (χ0) is 14.7. The van der Waals surface area contributed by atoms with E-state index in [-0.39, 0.29) is 0 Å². The minimum Gasteiger partial charge on any atom is -0.385 e. The van der Waals surface area contributed by atoms with E-state index in [1.807, 2.05) is 11.3 Å². The van der Waals surface area contributed by atoms with Crippen LogP contribution in [0.25, 0.3) is 0 Å². The largest absolute Gasteiger partial charge is 0.385 e. The first kappa shape index (κ1) is 14.8. The lowest BCUT2D eigenvalue weighted by Crippen LogP contribution is -2.27. The number of rotatable bonds is 5. The molecule has 0 aromatic carbocycles. The molecule has 1 aliphatic rings. The molecule has 21 heavy (non-hydrogen) atoms. The van der Waals surface area contributed by atoms with Gasteiger partial charge in [0, 0.05) is 61.5 Å². The van der Waals surface area contributed by atoms with Crippen LogP contribution in [0.1, 0.15) is 21.9 Å². The van der Waals surface area contributed by atoms with Gasteiger partial charge in [-0.3, -0.25) is 4.90 Å². The van der Waals surface area contributed by atoms with E-state index < -0.39 is 0 Å². The van der Waals surface area contributed by atoms with Gasteiger partial charge in [-0.05, 0) is 43.5 Å². The van der Waals surface area contributed by atoms with E-state index in [1.54, 1.807) is 7.11 Å². The molecule has 0 unspecified atom stereocenters. The average molecular weight is 304 g/mol. The van der Waals surface area contributed by atoms with Crippen molar-refractivity contribution in [1.82, 2.24) is 9.47 Å². The van der Waals surface area contributed by atoms with Crippen LogP contribution in [0.3, 0.4) is 0 Å². The van der Waals surface area contributed by atoms with Gasteiger partial charge in [0.15, 0.2) is 0 Å². The Labute approximate surface area is 131 Å². The van der Waals surface area contributed by atoms with Gasteiger partial charge in [0.1, 0.15) is 0 Å². The maximum absolute atomic E-state index is 5.29. The summed E-state index contributed by atoms with van der Waals surface area (Å²) in [7, 11) is 1.80. The third kappa shape index (κ3) is 3.76. The maximum atomic E-state index is 5.29. The van der Waals surface area contributed by atoms with Crippen LogP contribution in [0.4, 0.5) is 0 Å². The quantitative estimate of drug-likeness (QED) is 0.841. The van der Waals surface area contributed by atoms with E-state index in [2.05, 4.69) is 46.9 Å². The molecule has 1 atom stereocenters. The van der Waals surface area contributed by atoms with Crippen LogP contribution < -0.4 is 0 Å². The van der Waals surface area contributed by atoms with Gasteiger partial charge in [0.25, 0.3) is 0 Å². The number of ether oxygens (including phenoxy) is 1. The van der Waals surface area contributed by atoms with Crippen molar-refractivity contribution in [3.63, 3.8) is 0 Å². The Hall–Kier alpha value is -1.10. The lowest BCUT2D eigenvalue weighted by molar-refractivity contribution is 0.152. The van der Waals surface area contributed by atoms with Crippen LogP contribution in [0, 0.1) is 12.8 Å². The number of nitrogens with zero attached hydrogens (tertiary/aromatic N) is 2. The maximum Gasteiger partial charge on any atom is 0.0466 e. The van der Waals surface area contributed by atoms with Gasteiger partial charge in [0.2, 0.25) is 0 Å². The molecular formula is C17H24N2OS.